The molecule has 0 radical (unpaired) electrons. The molecule has 0 spiro atoms. The third kappa shape index (κ3) is 7.00. The van der Waals surface area contributed by atoms with E-state index in [1.54, 1.807) is 12.1 Å². The number of nitrogens with two attached hydrogens (primary N) is 1. The number of carbonyl (C=O) groups is 1. The first-order chi connectivity index (χ1) is 12.8. The quantitative estimate of drug-likeness (QED) is 0.367. The van der Waals surface area contributed by atoms with E-state index in [4.69, 9.17) is 33.7 Å². The van der Waals surface area contributed by atoms with E-state index in [-0.39, 0.29) is 18.0 Å². The van der Waals surface area contributed by atoms with E-state index in [0.717, 1.165) is 11.4 Å². The lowest BCUT2D eigenvalue weighted by molar-refractivity contribution is 0.0955. The summed E-state index contributed by atoms with van der Waals surface area (Å²) in [4.78, 5) is 16.2. The number of carbonyl (C=O) groups excluding carboxylic acids is 1. The molecule has 0 bridgehead atoms. The number of guanidine groups is 1. The third-order valence-corrected chi connectivity index (χ3v) is 4.10. The lowest BCUT2D eigenvalue weighted by Gasteiger charge is -2.11. The fraction of sp³-hybridized carbons (Fsp3) is 0.263. The molecule has 2 rings (SSSR count). The van der Waals surface area contributed by atoms with Crippen molar-refractivity contribution in [2.45, 2.75) is 20.0 Å². The number of amides is 1. The zero-order valence-corrected chi connectivity index (χ0v) is 16.6. The summed E-state index contributed by atoms with van der Waals surface area (Å²) >= 11 is 11.7. The smallest absolute Gasteiger partial charge is 0.251 e. The maximum absolute atomic E-state index is 12.0. The molecule has 0 aromatic heterocycles. The van der Waals surface area contributed by atoms with Gasteiger partial charge < -0.3 is 21.1 Å². The summed E-state index contributed by atoms with van der Waals surface area (Å²) in [7, 11) is 0. The molecule has 0 saturated heterocycles. The predicted octanol–water partition coefficient (Wildman–Crippen LogP) is 3.94. The van der Waals surface area contributed by atoms with Gasteiger partial charge in [0, 0.05) is 17.8 Å². The number of anilines is 1. The van der Waals surface area contributed by atoms with E-state index in [1.165, 1.54) is 6.07 Å². The van der Waals surface area contributed by atoms with Gasteiger partial charge in [0.15, 0.2) is 5.96 Å². The van der Waals surface area contributed by atoms with Gasteiger partial charge in [0.05, 0.1) is 22.7 Å². The van der Waals surface area contributed by atoms with Crippen molar-refractivity contribution in [1.29, 1.82) is 0 Å². The van der Waals surface area contributed by atoms with Gasteiger partial charge in [0.1, 0.15) is 5.75 Å². The summed E-state index contributed by atoms with van der Waals surface area (Å²) in [5.41, 5.74) is 7.08. The molecule has 2 aromatic rings. The minimum absolute atomic E-state index is 0.120. The van der Waals surface area contributed by atoms with E-state index in [1.807, 2.05) is 38.1 Å². The molecule has 8 heteroatoms. The highest BCUT2D eigenvalue weighted by atomic mass is 35.5. The lowest BCUT2D eigenvalue weighted by atomic mass is 10.2. The number of nitrogens with one attached hydrogen (secondary N) is 2. The zero-order valence-electron chi connectivity index (χ0n) is 15.1. The molecule has 144 valence electrons. The molecule has 6 nitrogen and oxygen atoms in total. The zero-order chi connectivity index (χ0) is 19.8. The molecule has 0 aliphatic heterocycles. The minimum atomic E-state index is -0.254. The van der Waals surface area contributed by atoms with Crippen LogP contribution in [0.25, 0.3) is 0 Å². The van der Waals surface area contributed by atoms with Gasteiger partial charge in [0.2, 0.25) is 0 Å². The number of aliphatic imine (C=N–C) groups is 1. The molecule has 27 heavy (non-hydrogen) atoms. The summed E-state index contributed by atoms with van der Waals surface area (Å²) in [6, 6.07) is 12.1. The maximum Gasteiger partial charge on any atom is 0.251 e. The van der Waals surface area contributed by atoms with Crippen molar-refractivity contribution in [2.75, 3.05) is 18.4 Å². The Balaban J connectivity index is 1.78. The monoisotopic (exact) mass is 408 g/mol. The van der Waals surface area contributed by atoms with E-state index >= 15 is 0 Å². The van der Waals surface area contributed by atoms with E-state index < -0.39 is 0 Å². The van der Waals surface area contributed by atoms with Gasteiger partial charge >= 0.3 is 0 Å². The van der Waals surface area contributed by atoms with Crippen molar-refractivity contribution < 1.29 is 9.53 Å². The Morgan fingerprint density at radius 3 is 2.48 bits per heavy atom. The first kappa shape index (κ1) is 20.9. The van der Waals surface area contributed by atoms with E-state index in [9.17, 15) is 4.79 Å². The number of nitrogens with zero attached hydrogens (tertiary/aromatic N) is 1. The number of hydrogen-bond acceptors (Lipinski definition) is 3. The Bertz CT molecular complexity index is 808. The highest BCUT2D eigenvalue weighted by Gasteiger charge is 2.07. The second-order valence-corrected chi connectivity index (χ2v) is 6.78. The summed E-state index contributed by atoms with van der Waals surface area (Å²) in [6.07, 6.45) is 0.120. The molecule has 0 fully saturated rings. The van der Waals surface area contributed by atoms with Crippen LogP contribution in [0.4, 0.5) is 5.69 Å². The second kappa shape index (κ2) is 10.0. The van der Waals surface area contributed by atoms with Crippen LogP contribution < -0.4 is 21.1 Å². The van der Waals surface area contributed by atoms with Crippen LogP contribution in [0.5, 0.6) is 5.75 Å². The Morgan fingerprint density at radius 1 is 1.15 bits per heavy atom. The molecule has 0 aliphatic carbocycles. The Morgan fingerprint density at radius 2 is 1.85 bits per heavy atom. The maximum atomic E-state index is 12.0. The Hall–Kier alpha value is -2.44. The van der Waals surface area contributed by atoms with Gasteiger partial charge in [-0.15, -0.1) is 0 Å². The van der Waals surface area contributed by atoms with Crippen LogP contribution in [-0.2, 0) is 0 Å². The van der Waals surface area contributed by atoms with Crippen molar-refractivity contribution in [3.63, 3.8) is 0 Å². The van der Waals surface area contributed by atoms with Crippen molar-refractivity contribution in [3.05, 3.63) is 58.1 Å². The van der Waals surface area contributed by atoms with Crippen molar-refractivity contribution in [2.24, 2.45) is 10.7 Å². The second-order valence-electron chi connectivity index (χ2n) is 5.97. The molecule has 0 unspecified atom stereocenters. The average molecular weight is 409 g/mol. The number of benzene rings is 2. The number of hydrogen-bond donors (Lipinski definition) is 3. The van der Waals surface area contributed by atoms with Gasteiger partial charge in [-0.25, -0.2) is 0 Å². The van der Waals surface area contributed by atoms with Crippen LogP contribution in [0.3, 0.4) is 0 Å². The van der Waals surface area contributed by atoms with Gasteiger partial charge in [-0.1, -0.05) is 23.2 Å². The van der Waals surface area contributed by atoms with E-state index in [2.05, 4.69) is 15.6 Å². The molecule has 0 saturated carbocycles. The van der Waals surface area contributed by atoms with Crippen LogP contribution in [0, 0.1) is 0 Å². The van der Waals surface area contributed by atoms with Crippen LogP contribution in [-0.4, -0.2) is 31.1 Å². The highest BCUT2D eigenvalue weighted by molar-refractivity contribution is 6.42. The third-order valence-electron chi connectivity index (χ3n) is 3.36. The first-order valence-corrected chi connectivity index (χ1v) is 9.17. The largest absolute Gasteiger partial charge is 0.491 e. The van der Waals surface area contributed by atoms with Crippen LogP contribution >= 0.6 is 23.2 Å². The van der Waals surface area contributed by atoms with Crippen molar-refractivity contribution in [3.8, 4) is 5.75 Å². The summed E-state index contributed by atoms with van der Waals surface area (Å²) in [5.74, 6) is 0.795. The average Bonchev–Trinajstić information content (AvgIpc) is 2.62. The van der Waals surface area contributed by atoms with Crippen molar-refractivity contribution in [1.82, 2.24) is 5.32 Å². The first-order valence-electron chi connectivity index (χ1n) is 8.42. The lowest BCUT2D eigenvalue weighted by Crippen LogP contribution is -2.28. The standard InChI is InChI=1S/C19H22Cl2N4O2/c1-12(2)27-15-6-4-14(5-7-15)25-19(22)24-10-9-23-18(26)13-3-8-16(20)17(21)11-13/h3-8,11-12H,9-10H2,1-2H3,(H,23,26)(H3,22,24,25). The summed E-state index contributed by atoms with van der Waals surface area (Å²) < 4.78 is 5.58. The molecule has 2 aromatic carbocycles. The topological polar surface area (TPSA) is 88.7 Å². The number of ether oxygens (including phenoxy) is 1. The molecule has 1 amide bonds. The van der Waals surface area contributed by atoms with Gasteiger partial charge in [0.25, 0.3) is 5.91 Å². The molecule has 0 heterocycles. The van der Waals surface area contributed by atoms with Crippen LogP contribution in [0.15, 0.2) is 47.5 Å². The molecule has 0 aliphatic rings. The SMILES string of the molecule is CC(C)Oc1ccc(NC(N)=NCCNC(=O)c2ccc(Cl)c(Cl)c2)cc1. The molecule has 4 N–H and O–H groups in total. The molecular formula is C19H22Cl2N4O2. The Kier molecular flexibility index (Phi) is 7.76. The fourth-order valence-electron chi connectivity index (χ4n) is 2.16. The number of halogens is 2. The summed E-state index contributed by atoms with van der Waals surface area (Å²) in [6.45, 7) is 4.61. The molecular weight excluding hydrogens is 387 g/mol. The Labute approximate surface area is 168 Å². The van der Waals surface area contributed by atoms with Crippen LogP contribution in [0.2, 0.25) is 10.0 Å². The van der Waals surface area contributed by atoms with E-state index in [0.29, 0.717) is 28.7 Å². The summed E-state index contributed by atoms with van der Waals surface area (Å²) in [5, 5.41) is 6.46. The van der Waals surface area contributed by atoms with Crippen molar-refractivity contribution >= 4 is 40.8 Å². The fourth-order valence-corrected chi connectivity index (χ4v) is 2.46. The number of rotatable bonds is 7. The highest BCUT2D eigenvalue weighted by Crippen LogP contribution is 2.22. The normalized spacial score (nSPS) is 11.4. The minimum Gasteiger partial charge on any atom is -0.491 e. The van der Waals surface area contributed by atoms with Gasteiger partial charge in [-0.3, -0.25) is 9.79 Å². The van der Waals surface area contributed by atoms with Crippen LogP contribution in [0.1, 0.15) is 24.2 Å². The molecule has 0 atom stereocenters. The van der Waals surface area contributed by atoms with Gasteiger partial charge in [-0.05, 0) is 56.3 Å². The van der Waals surface area contributed by atoms with Gasteiger partial charge in [-0.2, -0.15) is 0 Å². The predicted molar refractivity (Wildman–Crippen MR) is 111 cm³/mol.